The molecular formula is C19H16F3NO3. The van der Waals surface area contributed by atoms with Crippen LogP contribution in [0.5, 0.6) is 0 Å². The molecule has 2 unspecified atom stereocenters. The molecule has 0 spiro atoms. The zero-order valence-electron chi connectivity index (χ0n) is 13.6. The number of carbonyl (C=O) groups is 2. The topological polar surface area (TPSA) is 66.4 Å². The third-order valence-corrected chi connectivity index (χ3v) is 4.40. The fourth-order valence-corrected chi connectivity index (χ4v) is 3.09. The number of hydrogen-bond acceptors (Lipinski definition) is 2. The highest BCUT2D eigenvalue weighted by atomic mass is 19.4. The number of nitrogens with one attached hydrogen (secondary N) is 1. The van der Waals surface area contributed by atoms with Crippen molar-refractivity contribution >= 4 is 11.9 Å². The number of halogens is 3. The molecule has 2 aromatic rings. The first-order chi connectivity index (χ1) is 12.3. The summed E-state index contributed by atoms with van der Waals surface area (Å²) in [7, 11) is 0. The monoisotopic (exact) mass is 363 g/mol. The first kappa shape index (κ1) is 18.0. The molecule has 0 heterocycles. The number of hydrogen-bond donors (Lipinski definition) is 2. The van der Waals surface area contributed by atoms with E-state index in [9.17, 15) is 22.8 Å². The first-order valence-corrected chi connectivity index (χ1v) is 8.04. The van der Waals surface area contributed by atoms with Gasteiger partial charge in [-0.05, 0) is 29.7 Å². The molecule has 0 aliphatic heterocycles. The van der Waals surface area contributed by atoms with Crippen molar-refractivity contribution in [3.05, 3.63) is 70.8 Å². The van der Waals surface area contributed by atoms with Gasteiger partial charge in [-0.15, -0.1) is 0 Å². The first-order valence-electron chi connectivity index (χ1n) is 8.04. The molecule has 4 nitrogen and oxygen atoms in total. The minimum atomic E-state index is -4.44. The highest BCUT2D eigenvalue weighted by Crippen LogP contribution is 2.46. The Labute approximate surface area is 147 Å². The fourth-order valence-electron chi connectivity index (χ4n) is 3.09. The smallest absolute Gasteiger partial charge is 0.416 e. The maximum absolute atomic E-state index is 13.1. The summed E-state index contributed by atoms with van der Waals surface area (Å²) < 4.78 is 39.3. The Morgan fingerprint density at radius 2 is 1.73 bits per heavy atom. The second kappa shape index (κ2) is 6.82. The zero-order chi connectivity index (χ0) is 18.9. The van der Waals surface area contributed by atoms with Crippen LogP contribution in [0.25, 0.3) is 0 Å². The molecule has 0 saturated heterocycles. The van der Waals surface area contributed by atoms with Gasteiger partial charge >= 0.3 is 12.1 Å². The number of amides is 1. The van der Waals surface area contributed by atoms with Crippen molar-refractivity contribution in [3.8, 4) is 0 Å². The summed E-state index contributed by atoms with van der Waals surface area (Å²) in [6, 6.07) is 11.1. The predicted octanol–water partition coefficient (Wildman–Crippen LogP) is 3.62. The van der Waals surface area contributed by atoms with Crippen molar-refractivity contribution in [1.82, 2.24) is 5.32 Å². The highest BCUT2D eigenvalue weighted by molar-refractivity contribution is 5.91. The molecule has 7 heteroatoms. The SMILES string of the molecule is O=C(Cc1ccccc1C(=O)O)NC1CC1c1ccccc1C(F)(F)F. The van der Waals surface area contributed by atoms with E-state index in [4.69, 9.17) is 5.11 Å². The van der Waals surface area contributed by atoms with Crippen LogP contribution in [0.15, 0.2) is 48.5 Å². The lowest BCUT2D eigenvalue weighted by atomic mass is 10.0. The van der Waals surface area contributed by atoms with Crippen molar-refractivity contribution in [3.63, 3.8) is 0 Å². The van der Waals surface area contributed by atoms with Crippen molar-refractivity contribution < 1.29 is 27.9 Å². The van der Waals surface area contributed by atoms with E-state index in [2.05, 4.69) is 5.32 Å². The summed E-state index contributed by atoms with van der Waals surface area (Å²) >= 11 is 0. The van der Waals surface area contributed by atoms with E-state index in [-0.39, 0.29) is 29.5 Å². The number of alkyl halides is 3. The van der Waals surface area contributed by atoms with E-state index in [1.54, 1.807) is 24.3 Å². The lowest BCUT2D eigenvalue weighted by Gasteiger charge is -2.13. The second-order valence-corrected chi connectivity index (χ2v) is 6.24. The van der Waals surface area contributed by atoms with Crippen molar-refractivity contribution in [2.75, 3.05) is 0 Å². The minimum Gasteiger partial charge on any atom is -0.478 e. The van der Waals surface area contributed by atoms with E-state index in [1.807, 2.05) is 0 Å². The summed E-state index contributed by atoms with van der Waals surface area (Å²) in [5.74, 6) is -1.92. The molecule has 136 valence electrons. The molecule has 0 radical (unpaired) electrons. The standard InChI is InChI=1S/C19H16F3NO3/c20-19(21,22)15-8-4-3-7-13(15)14-10-16(14)23-17(24)9-11-5-1-2-6-12(11)18(25)26/h1-8,14,16H,9-10H2,(H,23,24)(H,25,26). The van der Waals surface area contributed by atoms with Crippen LogP contribution in [0.2, 0.25) is 0 Å². The number of carboxylic acid groups (broad SMARTS) is 1. The number of carboxylic acids is 1. The molecule has 0 bridgehead atoms. The molecule has 1 amide bonds. The Balaban J connectivity index is 1.67. The van der Waals surface area contributed by atoms with Gasteiger partial charge in [0.25, 0.3) is 0 Å². The molecule has 1 saturated carbocycles. The van der Waals surface area contributed by atoms with Crippen LogP contribution in [0.3, 0.4) is 0 Å². The van der Waals surface area contributed by atoms with Gasteiger partial charge in [0.05, 0.1) is 17.5 Å². The quantitative estimate of drug-likeness (QED) is 0.853. The lowest BCUT2D eigenvalue weighted by Crippen LogP contribution is -2.29. The Morgan fingerprint density at radius 3 is 2.42 bits per heavy atom. The van der Waals surface area contributed by atoms with Crippen LogP contribution in [0.1, 0.15) is 39.4 Å². The number of aromatic carboxylic acids is 1. The van der Waals surface area contributed by atoms with Gasteiger partial charge in [0.2, 0.25) is 5.91 Å². The summed E-state index contributed by atoms with van der Waals surface area (Å²) in [6.07, 6.45) is -4.14. The number of carbonyl (C=O) groups excluding carboxylic acids is 1. The average Bonchev–Trinajstić information content (AvgIpc) is 3.33. The summed E-state index contributed by atoms with van der Waals surface area (Å²) in [5.41, 5.74) is -0.1000. The molecule has 2 aromatic carbocycles. The predicted molar refractivity (Wildman–Crippen MR) is 87.8 cm³/mol. The molecule has 2 N–H and O–H groups in total. The molecule has 26 heavy (non-hydrogen) atoms. The molecule has 1 aliphatic rings. The van der Waals surface area contributed by atoms with Gasteiger partial charge in [-0.1, -0.05) is 36.4 Å². The van der Waals surface area contributed by atoms with Crippen LogP contribution >= 0.6 is 0 Å². The maximum Gasteiger partial charge on any atom is 0.416 e. The van der Waals surface area contributed by atoms with E-state index >= 15 is 0 Å². The number of benzene rings is 2. The Hall–Kier alpha value is -2.83. The van der Waals surface area contributed by atoms with Crippen LogP contribution < -0.4 is 5.32 Å². The van der Waals surface area contributed by atoms with E-state index in [1.165, 1.54) is 18.2 Å². The zero-order valence-corrected chi connectivity index (χ0v) is 13.6. The summed E-state index contributed by atoms with van der Waals surface area (Å²) in [4.78, 5) is 23.3. The Bertz CT molecular complexity index is 848. The highest BCUT2D eigenvalue weighted by Gasteiger charge is 2.44. The molecule has 0 aromatic heterocycles. The molecule has 2 atom stereocenters. The Kier molecular flexibility index (Phi) is 4.71. The minimum absolute atomic E-state index is 0.0393. The van der Waals surface area contributed by atoms with Crippen LogP contribution in [0.4, 0.5) is 13.2 Å². The Morgan fingerprint density at radius 1 is 1.08 bits per heavy atom. The van der Waals surface area contributed by atoms with Gasteiger partial charge in [0, 0.05) is 12.0 Å². The molecular weight excluding hydrogens is 347 g/mol. The normalized spacial score (nSPS) is 19.0. The third-order valence-electron chi connectivity index (χ3n) is 4.40. The van der Waals surface area contributed by atoms with E-state index in [0.717, 1.165) is 6.07 Å². The van der Waals surface area contributed by atoms with Crippen LogP contribution in [-0.4, -0.2) is 23.0 Å². The third kappa shape index (κ3) is 3.87. The second-order valence-electron chi connectivity index (χ2n) is 6.24. The van der Waals surface area contributed by atoms with Gasteiger partial charge in [0.1, 0.15) is 0 Å². The molecule has 3 rings (SSSR count). The number of rotatable bonds is 5. The molecule has 1 aliphatic carbocycles. The summed E-state index contributed by atoms with van der Waals surface area (Å²) in [5, 5.41) is 11.8. The van der Waals surface area contributed by atoms with Crippen LogP contribution in [-0.2, 0) is 17.4 Å². The summed E-state index contributed by atoms with van der Waals surface area (Å²) in [6.45, 7) is 0. The van der Waals surface area contributed by atoms with E-state index < -0.39 is 23.6 Å². The van der Waals surface area contributed by atoms with Crippen molar-refractivity contribution in [1.29, 1.82) is 0 Å². The van der Waals surface area contributed by atoms with Gasteiger partial charge in [-0.25, -0.2) is 4.79 Å². The van der Waals surface area contributed by atoms with E-state index in [0.29, 0.717) is 12.0 Å². The maximum atomic E-state index is 13.1. The van der Waals surface area contributed by atoms with Crippen LogP contribution in [0, 0.1) is 0 Å². The lowest BCUT2D eigenvalue weighted by molar-refractivity contribution is -0.138. The van der Waals surface area contributed by atoms with Gasteiger partial charge in [0.15, 0.2) is 0 Å². The molecule has 1 fully saturated rings. The van der Waals surface area contributed by atoms with Gasteiger partial charge in [-0.2, -0.15) is 13.2 Å². The largest absolute Gasteiger partial charge is 0.478 e. The van der Waals surface area contributed by atoms with Crippen molar-refractivity contribution in [2.45, 2.75) is 31.0 Å². The van der Waals surface area contributed by atoms with Gasteiger partial charge < -0.3 is 10.4 Å². The fraction of sp³-hybridized carbons (Fsp3) is 0.263. The van der Waals surface area contributed by atoms with Gasteiger partial charge in [-0.3, -0.25) is 4.79 Å². The van der Waals surface area contributed by atoms with Crippen molar-refractivity contribution in [2.24, 2.45) is 0 Å². The average molecular weight is 363 g/mol.